The summed E-state index contributed by atoms with van der Waals surface area (Å²) in [4.78, 5) is 36.6. The molecule has 2 aliphatic heterocycles. The van der Waals surface area contributed by atoms with Crippen LogP contribution in [0.4, 0.5) is 5.69 Å². The number of nitrogens with zero attached hydrogens (tertiary/aromatic N) is 2. The molecule has 0 bridgehead atoms. The van der Waals surface area contributed by atoms with Gasteiger partial charge in [-0.15, -0.1) is 0 Å². The van der Waals surface area contributed by atoms with Gasteiger partial charge in [-0.1, -0.05) is 35.9 Å². The van der Waals surface area contributed by atoms with Crippen LogP contribution in [0, 0.1) is 0 Å². The Morgan fingerprint density at radius 3 is 2.47 bits per heavy atom. The number of halogens is 1. The average Bonchev–Trinajstić information content (AvgIpc) is 3.11. The summed E-state index contributed by atoms with van der Waals surface area (Å²) in [5.74, 6) is -1.05. The fourth-order valence-electron chi connectivity index (χ4n) is 4.03. The predicted octanol–water partition coefficient (Wildman–Crippen LogP) is 1.59. The number of nitrogens with one attached hydrogen (secondary N) is 2. The second-order valence-corrected chi connectivity index (χ2v) is 10.2. The topological polar surface area (TPSA) is 116 Å². The first-order valence-corrected chi connectivity index (χ1v) is 12.4. The lowest BCUT2D eigenvalue weighted by Crippen LogP contribution is -2.39. The Morgan fingerprint density at radius 1 is 1.03 bits per heavy atom. The lowest BCUT2D eigenvalue weighted by Gasteiger charge is -2.22. The van der Waals surface area contributed by atoms with Crippen molar-refractivity contribution in [3.05, 3.63) is 70.8 Å². The number of para-hydroxylation sites is 1. The molecule has 2 aromatic rings. The van der Waals surface area contributed by atoms with Gasteiger partial charge < -0.3 is 10.6 Å². The predicted molar refractivity (Wildman–Crippen MR) is 127 cm³/mol. The summed E-state index contributed by atoms with van der Waals surface area (Å²) >= 11 is 6.12. The van der Waals surface area contributed by atoms with Crippen molar-refractivity contribution in [2.45, 2.75) is 17.4 Å². The molecule has 11 heteroatoms. The fraction of sp³-hybridized carbons (Fsp3) is 0.261. The highest BCUT2D eigenvalue weighted by atomic mass is 35.5. The SMILES string of the molecule is CN1c2ccccc2C(NCCC(=O)NCCN2C(=O)C=CC2=O)c2ccc(Cl)cc2S1(=O)=O. The Hall–Kier alpha value is -3.21. The molecule has 3 amide bonds. The van der Waals surface area contributed by atoms with Gasteiger partial charge in [0, 0.05) is 50.3 Å². The summed E-state index contributed by atoms with van der Waals surface area (Å²) < 4.78 is 27.8. The molecule has 2 aromatic carbocycles. The summed E-state index contributed by atoms with van der Waals surface area (Å²) in [6, 6.07) is 11.5. The van der Waals surface area contributed by atoms with E-state index in [-0.39, 0.29) is 36.9 Å². The molecule has 34 heavy (non-hydrogen) atoms. The number of hydrogen-bond donors (Lipinski definition) is 2. The van der Waals surface area contributed by atoms with Crippen molar-refractivity contribution in [3.8, 4) is 0 Å². The van der Waals surface area contributed by atoms with E-state index in [2.05, 4.69) is 10.6 Å². The lowest BCUT2D eigenvalue weighted by atomic mass is 9.97. The number of carbonyl (C=O) groups is 3. The minimum Gasteiger partial charge on any atom is -0.354 e. The van der Waals surface area contributed by atoms with E-state index in [1.165, 1.54) is 29.6 Å². The first kappa shape index (κ1) is 23.9. The highest BCUT2D eigenvalue weighted by molar-refractivity contribution is 7.92. The first-order chi connectivity index (χ1) is 16.2. The van der Waals surface area contributed by atoms with Gasteiger partial charge in [0.05, 0.1) is 16.6 Å². The van der Waals surface area contributed by atoms with Crippen LogP contribution >= 0.6 is 11.6 Å². The first-order valence-electron chi connectivity index (χ1n) is 10.6. The molecule has 0 radical (unpaired) electrons. The van der Waals surface area contributed by atoms with Crippen molar-refractivity contribution >= 4 is 45.0 Å². The lowest BCUT2D eigenvalue weighted by molar-refractivity contribution is -0.137. The number of hydrogen-bond acceptors (Lipinski definition) is 6. The molecule has 0 aromatic heterocycles. The standard InChI is InChI=1S/C23H23ClN4O5S/c1-27-18-5-3-2-4-16(18)23(17-7-6-15(24)14-19(17)34(27,32)33)26-11-10-20(29)25-12-13-28-21(30)8-9-22(28)31/h2-9,14,23,26H,10-13H2,1H3,(H,25,29). The molecule has 0 fully saturated rings. The summed E-state index contributed by atoms with van der Waals surface area (Å²) in [7, 11) is -2.33. The molecule has 0 saturated heterocycles. The maximum Gasteiger partial charge on any atom is 0.264 e. The van der Waals surface area contributed by atoms with Crippen LogP contribution < -0.4 is 14.9 Å². The largest absolute Gasteiger partial charge is 0.354 e. The summed E-state index contributed by atoms with van der Waals surface area (Å²) in [6.07, 6.45) is 2.51. The normalized spacial score (nSPS) is 18.5. The minimum absolute atomic E-state index is 0.0954. The molecule has 4 rings (SSSR count). The van der Waals surface area contributed by atoms with E-state index in [4.69, 9.17) is 11.6 Å². The van der Waals surface area contributed by atoms with E-state index in [0.29, 0.717) is 16.3 Å². The van der Waals surface area contributed by atoms with Crippen LogP contribution in [0.2, 0.25) is 5.02 Å². The van der Waals surface area contributed by atoms with Crippen LogP contribution in [0.15, 0.2) is 59.5 Å². The molecule has 0 spiro atoms. The highest BCUT2D eigenvalue weighted by Gasteiger charge is 2.34. The van der Waals surface area contributed by atoms with Gasteiger partial charge in [-0.3, -0.25) is 23.6 Å². The monoisotopic (exact) mass is 502 g/mol. The maximum atomic E-state index is 13.3. The highest BCUT2D eigenvalue weighted by Crippen LogP contribution is 2.40. The van der Waals surface area contributed by atoms with Gasteiger partial charge in [0.2, 0.25) is 5.91 Å². The van der Waals surface area contributed by atoms with Gasteiger partial charge in [0.25, 0.3) is 21.8 Å². The van der Waals surface area contributed by atoms with Gasteiger partial charge in [-0.25, -0.2) is 8.42 Å². The zero-order chi connectivity index (χ0) is 24.5. The summed E-state index contributed by atoms with van der Waals surface area (Å²) in [5.41, 5.74) is 1.83. The number of imide groups is 1. The third-order valence-corrected chi connectivity index (χ3v) is 7.83. The van der Waals surface area contributed by atoms with Gasteiger partial charge in [0.1, 0.15) is 0 Å². The number of sulfonamides is 1. The molecule has 2 heterocycles. The van der Waals surface area contributed by atoms with E-state index >= 15 is 0 Å². The fourth-order valence-corrected chi connectivity index (χ4v) is 5.75. The molecule has 2 aliphatic rings. The quantitative estimate of drug-likeness (QED) is 0.555. The maximum absolute atomic E-state index is 13.3. The molecule has 2 N–H and O–H groups in total. The smallest absolute Gasteiger partial charge is 0.264 e. The average molecular weight is 503 g/mol. The van der Waals surface area contributed by atoms with E-state index < -0.39 is 27.9 Å². The van der Waals surface area contributed by atoms with Crippen LogP contribution in [0.3, 0.4) is 0 Å². The second-order valence-electron chi connectivity index (χ2n) is 7.86. The van der Waals surface area contributed by atoms with E-state index in [9.17, 15) is 22.8 Å². The third kappa shape index (κ3) is 4.56. The van der Waals surface area contributed by atoms with Crippen molar-refractivity contribution in [2.75, 3.05) is 31.0 Å². The van der Waals surface area contributed by atoms with Crippen molar-refractivity contribution < 1.29 is 22.8 Å². The van der Waals surface area contributed by atoms with E-state index in [1.54, 1.807) is 24.3 Å². The third-order valence-electron chi connectivity index (χ3n) is 5.77. The minimum atomic E-state index is -3.83. The molecule has 9 nitrogen and oxygen atoms in total. The molecule has 1 unspecified atom stereocenters. The van der Waals surface area contributed by atoms with Crippen LogP contribution in [0.5, 0.6) is 0 Å². The van der Waals surface area contributed by atoms with Crippen LogP contribution in [-0.2, 0) is 24.4 Å². The van der Waals surface area contributed by atoms with Crippen LogP contribution in [-0.4, -0.2) is 57.7 Å². The summed E-state index contributed by atoms with van der Waals surface area (Å²) in [5, 5.41) is 6.31. The van der Waals surface area contributed by atoms with E-state index in [1.807, 2.05) is 12.1 Å². The Labute approximate surface area is 202 Å². The van der Waals surface area contributed by atoms with E-state index in [0.717, 1.165) is 10.5 Å². The Balaban J connectivity index is 1.46. The van der Waals surface area contributed by atoms with Gasteiger partial charge in [-0.05, 0) is 29.3 Å². The number of carbonyl (C=O) groups excluding carboxylic acids is 3. The molecule has 0 saturated carbocycles. The summed E-state index contributed by atoms with van der Waals surface area (Å²) in [6.45, 7) is 0.507. The van der Waals surface area contributed by atoms with Gasteiger partial charge in [0.15, 0.2) is 0 Å². The Morgan fingerprint density at radius 2 is 1.74 bits per heavy atom. The number of rotatable bonds is 7. The molecule has 0 aliphatic carbocycles. The number of amides is 3. The number of anilines is 1. The van der Waals surface area contributed by atoms with Crippen molar-refractivity contribution in [1.82, 2.24) is 15.5 Å². The zero-order valence-electron chi connectivity index (χ0n) is 18.3. The van der Waals surface area contributed by atoms with Crippen molar-refractivity contribution in [2.24, 2.45) is 0 Å². The zero-order valence-corrected chi connectivity index (χ0v) is 19.9. The molecular weight excluding hydrogens is 480 g/mol. The number of benzene rings is 2. The van der Waals surface area contributed by atoms with Gasteiger partial charge >= 0.3 is 0 Å². The molecule has 178 valence electrons. The Bertz CT molecular complexity index is 1280. The molecular formula is C23H23ClN4O5S. The van der Waals surface area contributed by atoms with Crippen LogP contribution in [0.1, 0.15) is 23.6 Å². The van der Waals surface area contributed by atoms with Crippen molar-refractivity contribution in [1.29, 1.82) is 0 Å². The van der Waals surface area contributed by atoms with Gasteiger partial charge in [-0.2, -0.15) is 0 Å². The van der Waals surface area contributed by atoms with Crippen LogP contribution in [0.25, 0.3) is 0 Å². The molecule has 1 atom stereocenters. The second kappa shape index (κ2) is 9.57. The Kier molecular flexibility index (Phi) is 6.74. The number of fused-ring (bicyclic) bond motifs is 2. The van der Waals surface area contributed by atoms with Crippen molar-refractivity contribution in [3.63, 3.8) is 0 Å².